The minimum Gasteiger partial charge on any atom is -0.408 e. The molecule has 2 aromatic rings. The van der Waals surface area contributed by atoms with Gasteiger partial charge in [0.2, 0.25) is 0 Å². The van der Waals surface area contributed by atoms with Gasteiger partial charge in [0.05, 0.1) is 11.1 Å². The molecule has 90 valence electrons. The molecule has 0 bridgehead atoms. The van der Waals surface area contributed by atoms with Gasteiger partial charge in [0.25, 0.3) is 5.78 Å². The van der Waals surface area contributed by atoms with Gasteiger partial charge in [-0.2, -0.15) is 13.2 Å². The number of rotatable bonds is 1. The number of carbonyl (C=O) groups is 1. The van der Waals surface area contributed by atoms with Crippen LogP contribution >= 0.6 is 11.6 Å². The molecule has 0 radical (unpaired) electrons. The summed E-state index contributed by atoms with van der Waals surface area (Å²) in [6.45, 7) is 0. The van der Waals surface area contributed by atoms with Crippen molar-refractivity contribution in [3.8, 4) is 0 Å². The summed E-state index contributed by atoms with van der Waals surface area (Å²) in [5.74, 6) is -3.06. The van der Waals surface area contributed by atoms with Crippen molar-refractivity contribution in [1.29, 1.82) is 0 Å². The van der Waals surface area contributed by atoms with Crippen LogP contribution in [-0.4, -0.2) is 16.9 Å². The van der Waals surface area contributed by atoms with Gasteiger partial charge >= 0.3 is 11.9 Å². The van der Waals surface area contributed by atoms with E-state index in [1.807, 2.05) is 4.98 Å². The first-order valence-corrected chi connectivity index (χ1v) is 4.61. The van der Waals surface area contributed by atoms with E-state index in [-0.39, 0.29) is 16.1 Å². The topological polar surface area (TPSA) is 63.1 Å². The van der Waals surface area contributed by atoms with Gasteiger partial charge in [-0.3, -0.25) is 9.78 Å². The van der Waals surface area contributed by atoms with E-state index in [4.69, 9.17) is 11.6 Å². The number of hydrogen-bond acceptors (Lipinski definition) is 3. The Morgan fingerprint density at radius 2 is 2.00 bits per heavy atom. The number of hydrogen-bond donors (Lipinski definition) is 1. The molecule has 0 aliphatic carbocycles. The van der Waals surface area contributed by atoms with E-state index in [9.17, 15) is 22.8 Å². The third-order valence-corrected chi connectivity index (χ3v) is 2.22. The molecule has 1 heterocycles. The lowest BCUT2D eigenvalue weighted by atomic mass is 10.1. The molecule has 1 aromatic heterocycles. The van der Waals surface area contributed by atoms with Crippen molar-refractivity contribution in [3.05, 3.63) is 33.3 Å². The minimum absolute atomic E-state index is 0.132. The smallest absolute Gasteiger partial charge is 0.408 e. The highest BCUT2D eigenvalue weighted by atomic mass is 35.5. The molecule has 0 saturated carbocycles. The number of Topliss-reactive ketones (excluding diaryl/α,β-unsaturated/α-hetero) is 1. The zero-order chi connectivity index (χ0) is 12.8. The predicted molar refractivity (Wildman–Crippen MR) is 52.2 cm³/mol. The molecular weight excluding hydrogens is 263 g/mol. The molecular formula is C9H3ClF3NO3. The quantitative estimate of drug-likeness (QED) is 0.806. The normalized spacial score (nSPS) is 12.0. The second kappa shape index (κ2) is 3.63. The van der Waals surface area contributed by atoms with Crippen LogP contribution < -0.4 is 5.76 Å². The van der Waals surface area contributed by atoms with Gasteiger partial charge in [-0.25, -0.2) is 4.79 Å². The van der Waals surface area contributed by atoms with Gasteiger partial charge in [0.15, 0.2) is 5.58 Å². The number of aromatic nitrogens is 1. The predicted octanol–water partition coefficient (Wildman–Crippen LogP) is 2.52. The third kappa shape index (κ3) is 2.05. The number of H-pyrrole nitrogens is 1. The summed E-state index contributed by atoms with van der Waals surface area (Å²) in [4.78, 5) is 24.0. The third-order valence-electron chi connectivity index (χ3n) is 2.00. The molecule has 1 aromatic carbocycles. The van der Waals surface area contributed by atoms with Crippen LogP contribution in [0.2, 0.25) is 5.02 Å². The van der Waals surface area contributed by atoms with E-state index < -0.39 is 23.3 Å². The standard InChI is InChI=1S/C9H3ClF3NO3/c10-3-1-4(7(15)9(11,12)13)6-5(2-3)17-8(16)14-6/h1-2H,(H,14,16). The maximum atomic E-state index is 12.3. The molecule has 0 unspecified atom stereocenters. The molecule has 0 aliphatic rings. The number of nitrogens with one attached hydrogen (secondary N) is 1. The Morgan fingerprint density at radius 1 is 1.35 bits per heavy atom. The van der Waals surface area contributed by atoms with Crippen molar-refractivity contribution in [2.45, 2.75) is 6.18 Å². The zero-order valence-corrected chi connectivity index (χ0v) is 8.65. The van der Waals surface area contributed by atoms with Crippen LogP contribution in [0.5, 0.6) is 0 Å². The monoisotopic (exact) mass is 265 g/mol. The Hall–Kier alpha value is -1.76. The molecule has 2 rings (SSSR count). The van der Waals surface area contributed by atoms with Crippen LogP contribution in [0.4, 0.5) is 13.2 Å². The molecule has 0 fully saturated rings. The average molecular weight is 266 g/mol. The van der Waals surface area contributed by atoms with E-state index in [1.54, 1.807) is 0 Å². The Bertz CT molecular complexity index is 656. The number of carbonyl (C=O) groups excluding carboxylic acids is 1. The fourth-order valence-corrected chi connectivity index (χ4v) is 1.56. The molecule has 4 nitrogen and oxygen atoms in total. The lowest BCUT2D eigenvalue weighted by Gasteiger charge is -2.05. The number of aromatic amines is 1. The average Bonchev–Trinajstić information content (AvgIpc) is 2.54. The molecule has 0 saturated heterocycles. The first-order chi connectivity index (χ1) is 7.79. The molecule has 17 heavy (non-hydrogen) atoms. The highest BCUT2D eigenvalue weighted by Crippen LogP contribution is 2.28. The summed E-state index contributed by atoms with van der Waals surface area (Å²) < 4.78 is 41.4. The highest BCUT2D eigenvalue weighted by Gasteiger charge is 2.40. The molecule has 0 amide bonds. The van der Waals surface area contributed by atoms with Crippen LogP contribution in [0.1, 0.15) is 10.4 Å². The van der Waals surface area contributed by atoms with E-state index in [1.165, 1.54) is 0 Å². The van der Waals surface area contributed by atoms with Crippen molar-refractivity contribution >= 4 is 28.5 Å². The van der Waals surface area contributed by atoms with E-state index in [0.29, 0.717) is 0 Å². The number of ketones is 1. The summed E-state index contributed by atoms with van der Waals surface area (Å²) in [6.07, 6.45) is -5.05. The molecule has 8 heteroatoms. The van der Waals surface area contributed by atoms with Gasteiger partial charge in [-0.1, -0.05) is 11.6 Å². The second-order valence-electron chi connectivity index (χ2n) is 3.17. The number of alkyl halides is 3. The fraction of sp³-hybridized carbons (Fsp3) is 0.111. The minimum atomic E-state index is -5.05. The summed E-state index contributed by atoms with van der Waals surface area (Å²) in [5, 5.41) is -0.132. The van der Waals surface area contributed by atoms with Crippen LogP contribution in [-0.2, 0) is 0 Å². The van der Waals surface area contributed by atoms with Gasteiger partial charge in [-0.05, 0) is 6.07 Å². The zero-order valence-electron chi connectivity index (χ0n) is 7.89. The lowest BCUT2D eigenvalue weighted by molar-refractivity contribution is -0.0884. The largest absolute Gasteiger partial charge is 0.454 e. The van der Waals surface area contributed by atoms with Gasteiger partial charge in [0.1, 0.15) is 0 Å². The number of benzene rings is 1. The van der Waals surface area contributed by atoms with E-state index >= 15 is 0 Å². The van der Waals surface area contributed by atoms with Crippen molar-refractivity contribution in [2.75, 3.05) is 0 Å². The summed E-state index contributed by atoms with van der Waals surface area (Å²) >= 11 is 5.53. The summed E-state index contributed by atoms with van der Waals surface area (Å²) in [6, 6.07) is 1.97. The fourth-order valence-electron chi connectivity index (χ4n) is 1.35. The SMILES string of the molecule is O=C(c1cc(Cl)cc2oc(=O)[nH]c12)C(F)(F)F. The first kappa shape index (κ1) is 11.7. The van der Waals surface area contributed by atoms with Gasteiger partial charge in [0, 0.05) is 11.1 Å². The number of oxazole rings is 1. The Morgan fingerprint density at radius 3 is 2.59 bits per heavy atom. The molecule has 1 N–H and O–H groups in total. The maximum absolute atomic E-state index is 12.3. The van der Waals surface area contributed by atoms with E-state index in [2.05, 4.69) is 4.42 Å². The molecule has 0 aliphatic heterocycles. The Labute approximate surface area is 96.0 Å². The van der Waals surface area contributed by atoms with Crippen LogP contribution in [0.25, 0.3) is 11.1 Å². The maximum Gasteiger partial charge on any atom is 0.454 e. The molecule has 0 atom stereocenters. The van der Waals surface area contributed by atoms with Crippen molar-refractivity contribution in [3.63, 3.8) is 0 Å². The number of fused-ring (bicyclic) bond motifs is 1. The highest BCUT2D eigenvalue weighted by molar-refractivity contribution is 6.32. The van der Waals surface area contributed by atoms with Crippen molar-refractivity contribution in [2.24, 2.45) is 0 Å². The lowest BCUT2D eigenvalue weighted by Crippen LogP contribution is -2.23. The van der Waals surface area contributed by atoms with E-state index in [0.717, 1.165) is 12.1 Å². The van der Waals surface area contributed by atoms with Crippen LogP contribution in [0, 0.1) is 0 Å². The van der Waals surface area contributed by atoms with Crippen LogP contribution in [0.3, 0.4) is 0 Å². The number of halogens is 4. The molecule has 0 spiro atoms. The summed E-state index contributed by atoms with van der Waals surface area (Å²) in [5.41, 5.74) is -1.26. The Balaban J connectivity index is 2.76. The Kier molecular flexibility index (Phi) is 2.50. The first-order valence-electron chi connectivity index (χ1n) is 4.23. The van der Waals surface area contributed by atoms with Crippen molar-refractivity contribution in [1.82, 2.24) is 4.98 Å². The van der Waals surface area contributed by atoms with Gasteiger partial charge in [-0.15, -0.1) is 0 Å². The van der Waals surface area contributed by atoms with Gasteiger partial charge < -0.3 is 4.42 Å². The summed E-state index contributed by atoms with van der Waals surface area (Å²) in [7, 11) is 0. The van der Waals surface area contributed by atoms with Crippen molar-refractivity contribution < 1.29 is 22.4 Å². The second-order valence-corrected chi connectivity index (χ2v) is 3.60. The van der Waals surface area contributed by atoms with Crippen LogP contribution in [0.15, 0.2) is 21.3 Å².